The Morgan fingerprint density at radius 1 is 1.24 bits per heavy atom. The lowest BCUT2D eigenvalue weighted by Crippen LogP contribution is -2.36. The molecule has 3 rings (SSSR count). The lowest BCUT2D eigenvalue weighted by molar-refractivity contribution is 0.0983. The summed E-state index contributed by atoms with van der Waals surface area (Å²) >= 11 is 7.54. The highest BCUT2D eigenvalue weighted by Gasteiger charge is 2.24. The number of nitrogens with zero attached hydrogens (tertiary/aromatic N) is 3. The molecule has 1 aromatic carbocycles. The average molecular weight is 378 g/mol. The average Bonchev–Trinajstić information content (AvgIpc) is 3.09. The monoisotopic (exact) mass is 377 g/mol. The van der Waals surface area contributed by atoms with Gasteiger partial charge in [-0.05, 0) is 52.2 Å². The highest BCUT2D eigenvalue weighted by atomic mass is 35.5. The van der Waals surface area contributed by atoms with Crippen molar-refractivity contribution in [2.75, 3.05) is 32.1 Å². The van der Waals surface area contributed by atoms with Gasteiger partial charge in [-0.2, -0.15) is 0 Å². The van der Waals surface area contributed by atoms with Crippen LogP contribution in [0.4, 0.5) is 5.13 Å². The summed E-state index contributed by atoms with van der Waals surface area (Å²) in [4.78, 5) is 21.5. The van der Waals surface area contributed by atoms with E-state index in [4.69, 9.17) is 16.0 Å². The molecule has 0 unspecified atom stereocenters. The van der Waals surface area contributed by atoms with Crippen LogP contribution in [0, 0.1) is 13.8 Å². The van der Waals surface area contributed by atoms with Gasteiger partial charge in [0.1, 0.15) is 11.5 Å². The first-order valence-corrected chi connectivity index (χ1v) is 9.14. The van der Waals surface area contributed by atoms with Crippen molar-refractivity contribution in [3.05, 3.63) is 46.4 Å². The second-order valence-electron chi connectivity index (χ2n) is 6.20. The molecule has 132 valence electrons. The first-order chi connectivity index (χ1) is 11.8. The van der Waals surface area contributed by atoms with Crippen molar-refractivity contribution in [3.8, 4) is 0 Å². The number of aromatic nitrogens is 1. The standard InChI is InChI=1S/C18H20ClN3O2S/c1-11-9-14(12(2)24-11)17(23)22(8-7-21(3)4)18-20-15-6-5-13(19)10-16(15)25-18/h5-6,9-10H,7-8H2,1-4H3. The van der Waals surface area contributed by atoms with Gasteiger partial charge < -0.3 is 9.32 Å². The number of carbonyl (C=O) groups is 1. The summed E-state index contributed by atoms with van der Waals surface area (Å²) in [7, 11) is 3.96. The number of amides is 1. The number of halogens is 1. The molecule has 2 aromatic heterocycles. The number of benzene rings is 1. The van der Waals surface area contributed by atoms with Crippen molar-refractivity contribution in [1.29, 1.82) is 0 Å². The minimum Gasteiger partial charge on any atom is -0.466 e. The molecule has 0 saturated heterocycles. The van der Waals surface area contributed by atoms with Crippen molar-refractivity contribution in [3.63, 3.8) is 0 Å². The van der Waals surface area contributed by atoms with Gasteiger partial charge in [0.2, 0.25) is 0 Å². The van der Waals surface area contributed by atoms with Crippen molar-refractivity contribution < 1.29 is 9.21 Å². The Morgan fingerprint density at radius 2 is 2.00 bits per heavy atom. The van der Waals surface area contributed by atoms with Gasteiger partial charge in [-0.1, -0.05) is 22.9 Å². The lowest BCUT2D eigenvalue weighted by Gasteiger charge is -2.21. The van der Waals surface area contributed by atoms with E-state index in [-0.39, 0.29) is 5.91 Å². The number of anilines is 1. The molecular formula is C18H20ClN3O2S. The van der Waals surface area contributed by atoms with Gasteiger partial charge in [0.15, 0.2) is 5.13 Å². The fourth-order valence-corrected chi connectivity index (χ4v) is 3.84. The van der Waals surface area contributed by atoms with E-state index in [0.717, 1.165) is 22.5 Å². The van der Waals surface area contributed by atoms with Gasteiger partial charge in [0.05, 0.1) is 15.8 Å². The van der Waals surface area contributed by atoms with Gasteiger partial charge in [-0.15, -0.1) is 0 Å². The molecule has 3 aromatic rings. The third-order valence-corrected chi connectivity index (χ3v) is 5.13. The third-order valence-electron chi connectivity index (χ3n) is 3.86. The summed E-state index contributed by atoms with van der Waals surface area (Å²) in [6.07, 6.45) is 0. The number of likely N-dealkylation sites (N-methyl/N-ethyl adjacent to an activating group) is 1. The zero-order valence-electron chi connectivity index (χ0n) is 14.7. The van der Waals surface area contributed by atoms with E-state index in [1.54, 1.807) is 11.0 Å². The number of rotatable bonds is 5. The first-order valence-electron chi connectivity index (χ1n) is 7.95. The van der Waals surface area contributed by atoms with Crippen LogP contribution in [0.15, 0.2) is 28.7 Å². The lowest BCUT2D eigenvalue weighted by atomic mass is 10.2. The summed E-state index contributed by atoms with van der Waals surface area (Å²) in [5, 5.41) is 1.33. The Labute approximate surface area is 155 Å². The second kappa shape index (κ2) is 7.15. The van der Waals surface area contributed by atoms with Crippen LogP contribution in [-0.4, -0.2) is 43.0 Å². The molecule has 25 heavy (non-hydrogen) atoms. The maximum atomic E-state index is 13.1. The third kappa shape index (κ3) is 3.86. The summed E-state index contributed by atoms with van der Waals surface area (Å²) in [5.74, 6) is 1.26. The van der Waals surface area contributed by atoms with Gasteiger partial charge in [0, 0.05) is 18.1 Å². The van der Waals surface area contributed by atoms with E-state index in [2.05, 4.69) is 4.98 Å². The van der Waals surface area contributed by atoms with E-state index in [1.807, 2.05) is 51.0 Å². The van der Waals surface area contributed by atoms with Crippen LogP contribution in [0.25, 0.3) is 10.2 Å². The summed E-state index contributed by atoms with van der Waals surface area (Å²) in [6, 6.07) is 7.34. The SMILES string of the molecule is Cc1cc(C(=O)N(CCN(C)C)c2nc3ccc(Cl)cc3s2)c(C)o1. The Bertz CT molecular complexity index is 916. The fourth-order valence-electron chi connectivity index (χ4n) is 2.57. The molecule has 0 bridgehead atoms. The van der Waals surface area contributed by atoms with Crippen molar-refractivity contribution in [2.45, 2.75) is 13.8 Å². The number of fused-ring (bicyclic) bond motifs is 1. The molecule has 0 spiro atoms. The van der Waals surface area contributed by atoms with Gasteiger partial charge in [-0.25, -0.2) is 4.98 Å². The molecule has 0 fully saturated rings. The zero-order chi connectivity index (χ0) is 18.1. The molecule has 0 radical (unpaired) electrons. The molecular weight excluding hydrogens is 358 g/mol. The number of furan rings is 1. The number of hydrogen-bond donors (Lipinski definition) is 0. The van der Waals surface area contributed by atoms with E-state index in [1.165, 1.54) is 11.3 Å². The normalized spacial score (nSPS) is 11.4. The zero-order valence-corrected chi connectivity index (χ0v) is 16.2. The molecule has 0 N–H and O–H groups in total. The minimum absolute atomic E-state index is 0.0960. The molecule has 2 heterocycles. The second-order valence-corrected chi connectivity index (χ2v) is 7.64. The van der Waals surface area contributed by atoms with Crippen molar-refractivity contribution in [1.82, 2.24) is 9.88 Å². The molecule has 0 saturated carbocycles. The van der Waals surface area contributed by atoms with E-state index in [0.29, 0.717) is 28.0 Å². The van der Waals surface area contributed by atoms with Crippen LogP contribution < -0.4 is 4.90 Å². The quantitative estimate of drug-likeness (QED) is 0.662. The van der Waals surface area contributed by atoms with Gasteiger partial charge in [0.25, 0.3) is 5.91 Å². The van der Waals surface area contributed by atoms with Crippen LogP contribution in [0.3, 0.4) is 0 Å². The molecule has 7 heteroatoms. The summed E-state index contributed by atoms with van der Waals surface area (Å²) in [5.41, 5.74) is 1.42. The molecule has 0 aliphatic rings. The van der Waals surface area contributed by atoms with Crippen LogP contribution in [0.2, 0.25) is 5.02 Å². The smallest absolute Gasteiger partial charge is 0.263 e. The highest BCUT2D eigenvalue weighted by Crippen LogP contribution is 2.32. The minimum atomic E-state index is -0.0960. The molecule has 0 aliphatic heterocycles. The predicted molar refractivity (Wildman–Crippen MR) is 103 cm³/mol. The first kappa shape index (κ1) is 17.9. The molecule has 0 aliphatic carbocycles. The van der Waals surface area contributed by atoms with Crippen molar-refractivity contribution in [2.24, 2.45) is 0 Å². The summed E-state index contributed by atoms with van der Waals surface area (Å²) in [6.45, 7) is 4.93. The molecule has 5 nitrogen and oxygen atoms in total. The van der Waals surface area contributed by atoms with Crippen LogP contribution in [-0.2, 0) is 0 Å². The van der Waals surface area contributed by atoms with E-state index in [9.17, 15) is 4.79 Å². The maximum Gasteiger partial charge on any atom is 0.263 e. The number of aryl methyl sites for hydroxylation is 2. The number of thiazole rings is 1. The van der Waals surface area contributed by atoms with Crippen LogP contribution in [0.5, 0.6) is 0 Å². The van der Waals surface area contributed by atoms with E-state index < -0.39 is 0 Å². The number of carbonyl (C=O) groups excluding carboxylic acids is 1. The maximum absolute atomic E-state index is 13.1. The van der Waals surface area contributed by atoms with Gasteiger partial charge >= 0.3 is 0 Å². The molecule has 1 amide bonds. The largest absolute Gasteiger partial charge is 0.466 e. The number of hydrogen-bond acceptors (Lipinski definition) is 5. The summed E-state index contributed by atoms with van der Waals surface area (Å²) < 4.78 is 6.49. The van der Waals surface area contributed by atoms with Crippen LogP contribution >= 0.6 is 22.9 Å². The van der Waals surface area contributed by atoms with Crippen LogP contribution in [0.1, 0.15) is 21.9 Å². The fraction of sp³-hybridized carbons (Fsp3) is 0.333. The van der Waals surface area contributed by atoms with E-state index >= 15 is 0 Å². The van der Waals surface area contributed by atoms with Gasteiger partial charge in [-0.3, -0.25) is 9.69 Å². The topological polar surface area (TPSA) is 49.6 Å². The Kier molecular flexibility index (Phi) is 5.13. The molecule has 0 atom stereocenters. The Balaban J connectivity index is 2.00. The van der Waals surface area contributed by atoms with Crippen molar-refractivity contribution >= 4 is 44.2 Å². The predicted octanol–water partition coefficient (Wildman–Crippen LogP) is 4.37. The highest BCUT2D eigenvalue weighted by molar-refractivity contribution is 7.22. The Hall–Kier alpha value is -1.89. The Morgan fingerprint density at radius 3 is 2.64 bits per heavy atom.